The van der Waals surface area contributed by atoms with Crippen LogP contribution in [0.3, 0.4) is 0 Å². The Balaban J connectivity index is 1.62. The summed E-state index contributed by atoms with van der Waals surface area (Å²) in [6.07, 6.45) is 1.39. The van der Waals surface area contributed by atoms with Crippen molar-refractivity contribution in [1.29, 1.82) is 0 Å². The molecule has 0 bridgehead atoms. The first-order valence-electron chi connectivity index (χ1n) is 10.2. The molecule has 1 N–H and O–H groups in total. The lowest BCUT2D eigenvalue weighted by atomic mass is 10.1. The monoisotopic (exact) mass is 668 g/mol. The largest absolute Gasteiger partial charge is 0.486 e. The van der Waals surface area contributed by atoms with Gasteiger partial charge in [-0.15, -0.1) is 0 Å². The van der Waals surface area contributed by atoms with E-state index < -0.39 is 17.8 Å². The van der Waals surface area contributed by atoms with Gasteiger partial charge >= 0.3 is 6.03 Å². The van der Waals surface area contributed by atoms with Crippen molar-refractivity contribution in [3.8, 4) is 5.75 Å². The summed E-state index contributed by atoms with van der Waals surface area (Å²) in [7, 11) is 0. The van der Waals surface area contributed by atoms with Crippen molar-refractivity contribution >= 4 is 79.7 Å². The number of amides is 4. The minimum atomic E-state index is -0.857. The average Bonchev–Trinajstić information content (AvgIpc) is 2.79. The van der Waals surface area contributed by atoms with Gasteiger partial charge in [-0.3, -0.25) is 14.9 Å². The third-order valence-corrected chi connectivity index (χ3v) is 6.97. The van der Waals surface area contributed by atoms with Crippen LogP contribution in [0.15, 0.2) is 64.6 Å². The van der Waals surface area contributed by atoms with Gasteiger partial charge in [0.15, 0.2) is 0 Å². The molecular weight excluding hydrogens is 654 g/mol. The quantitative estimate of drug-likeness (QED) is 0.194. The van der Waals surface area contributed by atoms with Gasteiger partial charge < -0.3 is 4.74 Å². The van der Waals surface area contributed by atoms with E-state index >= 15 is 0 Å². The Morgan fingerprint density at radius 3 is 2.57 bits per heavy atom. The first kappa shape index (κ1) is 25.3. The van der Waals surface area contributed by atoms with E-state index in [0.717, 1.165) is 10.5 Å². The lowest BCUT2D eigenvalue weighted by molar-refractivity contribution is -0.122. The topological polar surface area (TPSA) is 75.7 Å². The zero-order chi connectivity index (χ0) is 25.3. The minimum absolute atomic E-state index is 0.0266. The molecule has 1 aliphatic rings. The summed E-state index contributed by atoms with van der Waals surface area (Å²) in [5, 5.41) is 2.57. The van der Waals surface area contributed by atoms with Crippen LogP contribution in [0.5, 0.6) is 5.75 Å². The van der Waals surface area contributed by atoms with Crippen LogP contribution < -0.4 is 15.0 Å². The minimum Gasteiger partial charge on any atom is -0.486 e. The van der Waals surface area contributed by atoms with Gasteiger partial charge in [0.05, 0.1) is 13.7 Å². The number of nitrogens with zero attached hydrogens (tertiary/aromatic N) is 1. The van der Waals surface area contributed by atoms with Gasteiger partial charge in [-0.05, 0) is 93.0 Å². The van der Waals surface area contributed by atoms with E-state index in [9.17, 15) is 18.8 Å². The van der Waals surface area contributed by atoms with Crippen molar-refractivity contribution in [1.82, 2.24) is 5.32 Å². The van der Waals surface area contributed by atoms with E-state index in [0.29, 0.717) is 29.9 Å². The molecule has 4 amide bonds. The van der Waals surface area contributed by atoms with Gasteiger partial charge in [0, 0.05) is 10.6 Å². The second-order valence-corrected chi connectivity index (χ2v) is 10.0. The van der Waals surface area contributed by atoms with Crippen LogP contribution in [-0.4, -0.2) is 17.8 Å². The molecule has 10 heteroatoms. The molecule has 0 saturated carbocycles. The van der Waals surface area contributed by atoms with E-state index in [1.807, 2.05) is 22.6 Å². The number of hydrogen-bond acceptors (Lipinski definition) is 4. The number of barbiturate groups is 1. The molecule has 4 rings (SSSR count). The molecule has 0 unspecified atom stereocenters. The number of carbonyl (C=O) groups excluding carboxylic acids is 3. The molecule has 0 atom stereocenters. The molecule has 0 radical (unpaired) electrons. The van der Waals surface area contributed by atoms with Gasteiger partial charge in [-0.1, -0.05) is 35.9 Å². The number of ether oxygens (including phenoxy) is 1. The highest BCUT2D eigenvalue weighted by Gasteiger charge is 2.37. The summed E-state index contributed by atoms with van der Waals surface area (Å²) >= 11 is 11.6. The van der Waals surface area contributed by atoms with Crippen LogP contribution in [0.1, 0.15) is 16.7 Å². The second-order valence-electron chi connectivity index (χ2n) is 7.59. The van der Waals surface area contributed by atoms with Crippen LogP contribution in [0.2, 0.25) is 5.02 Å². The lowest BCUT2D eigenvalue weighted by Gasteiger charge is -2.26. The van der Waals surface area contributed by atoms with Crippen LogP contribution in [0, 0.1) is 16.3 Å². The fraction of sp³-hybridized carbons (Fsp3) is 0.0800. The van der Waals surface area contributed by atoms with E-state index in [2.05, 4.69) is 21.2 Å². The Morgan fingerprint density at radius 2 is 1.89 bits per heavy atom. The highest BCUT2D eigenvalue weighted by Crippen LogP contribution is 2.34. The summed E-state index contributed by atoms with van der Waals surface area (Å²) in [6.45, 7) is 1.82. The molecule has 1 heterocycles. The maximum absolute atomic E-state index is 13.9. The molecule has 1 aliphatic heterocycles. The van der Waals surface area contributed by atoms with E-state index in [-0.39, 0.29) is 23.7 Å². The average molecular weight is 670 g/mol. The number of aryl methyl sites for hydroxylation is 1. The first-order chi connectivity index (χ1) is 16.7. The molecule has 178 valence electrons. The number of hydrogen-bond donors (Lipinski definition) is 1. The Hall–Kier alpha value is -2.76. The predicted octanol–water partition coefficient (Wildman–Crippen LogP) is 6.40. The highest BCUT2D eigenvalue weighted by molar-refractivity contribution is 14.1. The standard InChI is InChI=1S/C25H16BrClFIN2O4/c1-13-6-7-16(11-19(13)27)31-24(33)17(23(32)30-25(31)34)8-14-9-18(26)22(21(29)10-14)35-12-15-4-2-3-5-20(15)28/h2-11H,12H2,1H3,(H,30,32,34)/b17-8-. The summed E-state index contributed by atoms with van der Waals surface area (Å²) in [6, 6.07) is 13.6. The predicted molar refractivity (Wildman–Crippen MR) is 143 cm³/mol. The summed E-state index contributed by atoms with van der Waals surface area (Å²) in [4.78, 5) is 38.9. The summed E-state index contributed by atoms with van der Waals surface area (Å²) in [5.41, 5.74) is 1.74. The fourth-order valence-electron chi connectivity index (χ4n) is 3.35. The van der Waals surface area contributed by atoms with Crippen LogP contribution in [-0.2, 0) is 16.2 Å². The number of anilines is 1. The van der Waals surface area contributed by atoms with Crippen LogP contribution in [0.25, 0.3) is 6.08 Å². The lowest BCUT2D eigenvalue weighted by Crippen LogP contribution is -2.54. The van der Waals surface area contributed by atoms with Crippen LogP contribution in [0.4, 0.5) is 14.9 Å². The number of rotatable bonds is 5. The third-order valence-electron chi connectivity index (χ3n) is 5.18. The molecule has 0 aliphatic carbocycles. The number of imide groups is 2. The summed E-state index contributed by atoms with van der Waals surface area (Å²) in [5.74, 6) is -1.46. The Morgan fingerprint density at radius 1 is 1.14 bits per heavy atom. The van der Waals surface area contributed by atoms with Crippen molar-refractivity contribution in [3.63, 3.8) is 0 Å². The van der Waals surface area contributed by atoms with Gasteiger partial charge in [-0.25, -0.2) is 14.1 Å². The number of urea groups is 1. The van der Waals surface area contributed by atoms with Gasteiger partial charge in [0.1, 0.15) is 23.7 Å². The molecule has 3 aromatic rings. The number of benzene rings is 3. The maximum Gasteiger partial charge on any atom is 0.335 e. The number of nitrogens with one attached hydrogen (secondary N) is 1. The molecule has 1 saturated heterocycles. The molecule has 3 aromatic carbocycles. The van der Waals surface area contributed by atoms with Crippen LogP contribution >= 0.6 is 50.1 Å². The second kappa shape index (κ2) is 10.5. The van der Waals surface area contributed by atoms with Crippen molar-refractivity contribution in [3.05, 3.63) is 95.7 Å². The van der Waals surface area contributed by atoms with E-state index in [1.165, 1.54) is 18.2 Å². The molecule has 0 aromatic heterocycles. The van der Waals surface area contributed by atoms with Crippen molar-refractivity contribution in [2.75, 3.05) is 4.90 Å². The van der Waals surface area contributed by atoms with Gasteiger partial charge in [-0.2, -0.15) is 0 Å². The Labute approximate surface area is 227 Å². The molecule has 0 spiro atoms. The fourth-order valence-corrected chi connectivity index (χ4v) is 5.29. The highest BCUT2D eigenvalue weighted by atomic mass is 127. The maximum atomic E-state index is 13.9. The van der Waals surface area contributed by atoms with Gasteiger partial charge in [0.2, 0.25) is 0 Å². The zero-order valence-corrected chi connectivity index (χ0v) is 22.6. The van der Waals surface area contributed by atoms with Crippen molar-refractivity contribution in [2.24, 2.45) is 0 Å². The Bertz CT molecular complexity index is 1390. The smallest absolute Gasteiger partial charge is 0.335 e. The normalized spacial score (nSPS) is 14.9. The molecule has 35 heavy (non-hydrogen) atoms. The van der Waals surface area contributed by atoms with Crippen molar-refractivity contribution < 1.29 is 23.5 Å². The third kappa shape index (κ3) is 5.41. The van der Waals surface area contributed by atoms with Crippen molar-refractivity contribution in [2.45, 2.75) is 13.5 Å². The SMILES string of the molecule is Cc1ccc(N2C(=O)NC(=O)/C(=C/c3cc(Br)c(OCc4ccccc4F)c(I)c3)C2=O)cc1Cl. The zero-order valence-electron chi connectivity index (χ0n) is 18.1. The molecular formula is C25H16BrClFIN2O4. The van der Waals surface area contributed by atoms with E-state index in [4.69, 9.17) is 16.3 Å². The van der Waals surface area contributed by atoms with Gasteiger partial charge in [0.25, 0.3) is 11.8 Å². The number of carbonyl (C=O) groups is 3. The van der Waals surface area contributed by atoms with E-state index in [1.54, 1.807) is 49.4 Å². The number of halogens is 4. The Kier molecular flexibility index (Phi) is 7.58. The first-order valence-corrected chi connectivity index (χ1v) is 12.4. The summed E-state index contributed by atoms with van der Waals surface area (Å²) < 4.78 is 20.9. The molecule has 6 nitrogen and oxygen atoms in total. The molecule has 1 fully saturated rings.